The van der Waals surface area contributed by atoms with Crippen molar-refractivity contribution < 1.29 is 4.79 Å². The lowest BCUT2D eigenvalue weighted by Gasteiger charge is -2.35. The maximum absolute atomic E-state index is 12.4. The topological polar surface area (TPSA) is 74.2 Å². The Bertz CT molecular complexity index is 1220. The van der Waals surface area contributed by atoms with Crippen molar-refractivity contribution in [3.05, 3.63) is 84.7 Å². The van der Waals surface area contributed by atoms with Crippen LogP contribution in [0.2, 0.25) is 0 Å². The van der Waals surface area contributed by atoms with Crippen molar-refractivity contribution in [3.63, 3.8) is 0 Å². The predicted molar refractivity (Wildman–Crippen MR) is 130 cm³/mol. The number of carbonyl (C=O) groups is 1. The maximum Gasteiger partial charge on any atom is 0.234 e. The largest absolute Gasteiger partial charge is 0.353 e. The average Bonchev–Trinajstić information content (AvgIpc) is 2.88. The van der Waals surface area contributed by atoms with Gasteiger partial charge in [0, 0.05) is 56.1 Å². The Morgan fingerprint density at radius 1 is 0.879 bits per heavy atom. The zero-order valence-corrected chi connectivity index (χ0v) is 18.4. The molecule has 1 aliphatic heterocycles. The van der Waals surface area contributed by atoms with Crippen molar-refractivity contribution in [1.29, 1.82) is 0 Å². The van der Waals surface area contributed by atoms with Crippen LogP contribution in [0.5, 0.6) is 0 Å². The number of piperazine rings is 1. The molecule has 5 rings (SSSR count). The lowest BCUT2D eigenvalue weighted by molar-refractivity contribution is -0.122. The molecule has 0 spiro atoms. The lowest BCUT2D eigenvalue weighted by Crippen LogP contribution is -2.49. The zero-order chi connectivity index (χ0) is 22.5. The van der Waals surface area contributed by atoms with Crippen LogP contribution in [0.15, 0.2) is 79.1 Å². The van der Waals surface area contributed by atoms with E-state index in [2.05, 4.69) is 26.2 Å². The van der Waals surface area contributed by atoms with Crippen LogP contribution in [-0.4, -0.2) is 58.5 Å². The summed E-state index contributed by atoms with van der Waals surface area (Å²) in [6.07, 6.45) is 3.54. The molecule has 0 bridgehead atoms. The first-order valence-electron chi connectivity index (χ1n) is 11.2. The summed E-state index contributed by atoms with van der Waals surface area (Å²) in [7, 11) is 0. The monoisotopic (exact) mass is 438 g/mol. The third kappa shape index (κ3) is 4.99. The van der Waals surface area contributed by atoms with Gasteiger partial charge in [-0.2, -0.15) is 0 Å². The molecule has 0 unspecified atom stereocenters. The number of amides is 1. The number of carbonyl (C=O) groups excluding carboxylic acids is 1. The number of hydrogen-bond donors (Lipinski definition) is 1. The third-order valence-electron chi connectivity index (χ3n) is 5.87. The second-order valence-electron chi connectivity index (χ2n) is 8.16. The first-order valence-corrected chi connectivity index (χ1v) is 11.2. The summed E-state index contributed by atoms with van der Waals surface area (Å²) in [5.41, 5.74) is 2.93. The number of anilines is 1. The molecule has 2 aromatic heterocycles. The number of rotatable bonds is 6. The molecule has 3 heterocycles. The number of pyridine rings is 1. The number of nitrogens with one attached hydrogen (secondary N) is 1. The summed E-state index contributed by atoms with van der Waals surface area (Å²) in [6.45, 7) is 4.19. The molecule has 1 aliphatic rings. The first-order chi connectivity index (χ1) is 16.3. The van der Waals surface area contributed by atoms with Gasteiger partial charge in [0.15, 0.2) is 5.82 Å². The summed E-state index contributed by atoms with van der Waals surface area (Å²) in [5.74, 6) is 1.67. The third-order valence-corrected chi connectivity index (χ3v) is 5.87. The Morgan fingerprint density at radius 3 is 2.45 bits per heavy atom. The summed E-state index contributed by atoms with van der Waals surface area (Å²) >= 11 is 0. The molecule has 0 radical (unpaired) electrons. The quantitative estimate of drug-likeness (QED) is 0.499. The second kappa shape index (κ2) is 9.75. The van der Waals surface area contributed by atoms with Gasteiger partial charge in [-0.25, -0.2) is 9.97 Å². The standard InChI is InChI=1S/C26H26N6O/c33-24(28-17-20-7-2-1-3-8-20)19-31-13-15-32(16-14-31)26-22-10-4-5-11-23(22)29-25(30-26)21-9-6-12-27-18-21/h1-12,18H,13-17,19H2,(H,28,33). The molecule has 0 aliphatic carbocycles. The molecule has 1 saturated heterocycles. The summed E-state index contributed by atoms with van der Waals surface area (Å²) < 4.78 is 0. The Morgan fingerprint density at radius 2 is 1.67 bits per heavy atom. The van der Waals surface area contributed by atoms with Crippen LogP contribution in [0.4, 0.5) is 5.82 Å². The van der Waals surface area contributed by atoms with E-state index in [0.29, 0.717) is 18.9 Å². The van der Waals surface area contributed by atoms with Gasteiger partial charge in [0.05, 0.1) is 12.1 Å². The van der Waals surface area contributed by atoms with Gasteiger partial charge in [-0.3, -0.25) is 14.7 Å². The van der Waals surface area contributed by atoms with Crippen LogP contribution in [0.25, 0.3) is 22.3 Å². The average molecular weight is 439 g/mol. The molecular weight excluding hydrogens is 412 g/mol. The molecule has 1 amide bonds. The summed E-state index contributed by atoms with van der Waals surface area (Å²) in [4.78, 5) is 30.8. The van der Waals surface area contributed by atoms with Gasteiger partial charge >= 0.3 is 0 Å². The van der Waals surface area contributed by atoms with E-state index in [4.69, 9.17) is 9.97 Å². The van der Waals surface area contributed by atoms with Gasteiger partial charge in [0.1, 0.15) is 5.82 Å². The van der Waals surface area contributed by atoms with Crippen molar-refractivity contribution in [2.75, 3.05) is 37.6 Å². The Kier molecular flexibility index (Phi) is 6.21. The van der Waals surface area contributed by atoms with Crippen LogP contribution in [0.1, 0.15) is 5.56 Å². The fraction of sp³-hybridized carbons (Fsp3) is 0.231. The molecule has 33 heavy (non-hydrogen) atoms. The molecule has 7 nitrogen and oxygen atoms in total. The van der Waals surface area contributed by atoms with E-state index in [-0.39, 0.29) is 5.91 Å². The molecular formula is C26H26N6O. The highest BCUT2D eigenvalue weighted by molar-refractivity contribution is 5.91. The lowest BCUT2D eigenvalue weighted by atomic mass is 10.2. The van der Waals surface area contributed by atoms with Gasteiger partial charge in [-0.1, -0.05) is 42.5 Å². The minimum Gasteiger partial charge on any atom is -0.353 e. The highest BCUT2D eigenvalue weighted by Gasteiger charge is 2.22. The Hall–Kier alpha value is -3.84. The maximum atomic E-state index is 12.4. The van der Waals surface area contributed by atoms with E-state index < -0.39 is 0 Å². The molecule has 1 N–H and O–H groups in total. The molecule has 1 fully saturated rings. The molecule has 4 aromatic rings. The molecule has 0 atom stereocenters. The van der Waals surface area contributed by atoms with E-state index in [1.54, 1.807) is 12.4 Å². The summed E-state index contributed by atoms with van der Waals surface area (Å²) in [5, 5.41) is 4.06. The molecule has 2 aromatic carbocycles. The van der Waals surface area contributed by atoms with Gasteiger partial charge < -0.3 is 10.2 Å². The van der Waals surface area contributed by atoms with Gasteiger partial charge in [-0.15, -0.1) is 0 Å². The zero-order valence-electron chi connectivity index (χ0n) is 18.4. The molecule has 0 saturated carbocycles. The van der Waals surface area contributed by atoms with Crippen molar-refractivity contribution >= 4 is 22.6 Å². The predicted octanol–water partition coefficient (Wildman–Crippen LogP) is 3.13. The van der Waals surface area contributed by atoms with Crippen LogP contribution >= 0.6 is 0 Å². The van der Waals surface area contributed by atoms with Gasteiger partial charge in [-0.05, 0) is 29.8 Å². The Balaban J connectivity index is 1.26. The number of aromatic nitrogens is 3. The number of fused-ring (bicyclic) bond motifs is 1. The van der Waals surface area contributed by atoms with Crippen LogP contribution in [-0.2, 0) is 11.3 Å². The van der Waals surface area contributed by atoms with Gasteiger partial charge in [0.2, 0.25) is 5.91 Å². The number of hydrogen-bond acceptors (Lipinski definition) is 6. The van der Waals surface area contributed by atoms with E-state index >= 15 is 0 Å². The Labute approximate surface area is 193 Å². The normalized spacial score (nSPS) is 14.4. The molecule has 166 valence electrons. The first kappa shape index (κ1) is 21.0. The fourth-order valence-electron chi connectivity index (χ4n) is 4.10. The van der Waals surface area contributed by atoms with Crippen LogP contribution in [0, 0.1) is 0 Å². The van der Waals surface area contributed by atoms with E-state index in [1.807, 2.05) is 60.7 Å². The van der Waals surface area contributed by atoms with Gasteiger partial charge in [0.25, 0.3) is 0 Å². The minimum absolute atomic E-state index is 0.0543. The SMILES string of the molecule is O=C(CN1CCN(c2nc(-c3cccnc3)nc3ccccc23)CC1)NCc1ccccc1. The van der Waals surface area contributed by atoms with Crippen molar-refractivity contribution in [2.24, 2.45) is 0 Å². The van der Waals surface area contributed by atoms with Crippen LogP contribution in [0.3, 0.4) is 0 Å². The fourth-order valence-corrected chi connectivity index (χ4v) is 4.10. The number of benzene rings is 2. The number of para-hydroxylation sites is 1. The van der Waals surface area contributed by atoms with Crippen molar-refractivity contribution in [2.45, 2.75) is 6.54 Å². The minimum atomic E-state index is 0.0543. The van der Waals surface area contributed by atoms with Crippen molar-refractivity contribution in [1.82, 2.24) is 25.2 Å². The number of nitrogens with zero attached hydrogens (tertiary/aromatic N) is 5. The van der Waals surface area contributed by atoms with Crippen LogP contribution < -0.4 is 10.2 Å². The van der Waals surface area contributed by atoms with E-state index in [0.717, 1.165) is 54.0 Å². The second-order valence-corrected chi connectivity index (χ2v) is 8.16. The molecule has 7 heteroatoms. The summed E-state index contributed by atoms with van der Waals surface area (Å²) in [6, 6.07) is 22.0. The highest BCUT2D eigenvalue weighted by atomic mass is 16.2. The van der Waals surface area contributed by atoms with E-state index in [9.17, 15) is 4.79 Å². The smallest absolute Gasteiger partial charge is 0.234 e. The highest BCUT2D eigenvalue weighted by Crippen LogP contribution is 2.28. The van der Waals surface area contributed by atoms with Crippen molar-refractivity contribution in [3.8, 4) is 11.4 Å². The van der Waals surface area contributed by atoms with E-state index in [1.165, 1.54) is 0 Å².